The van der Waals surface area contributed by atoms with E-state index in [0.717, 1.165) is 11.0 Å². The number of benzene rings is 1. The number of nitrogens with zero attached hydrogens (tertiary/aromatic N) is 2. The van der Waals surface area contributed by atoms with Crippen LogP contribution in [0.3, 0.4) is 0 Å². The minimum Gasteiger partial charge on any atom is -0.197 e. The molecule has 0 amide bonds. The second-order valence-corrected chi connectivity index (χ2v) is 3.47. The lowest BCUT2D eigenvalue weighted by molar-refractivity contribution is 0.959. The van der Waals surface area contributed by atoms with E-state index >= 15 is 0 Å². The number of hydrogen-bond acceptors (Lipinski definition) is 2. The standard InChI is InChI=1S/C7H6IN3/c1-4-2-3-5-7(6(4)8)10-11-9-5/h2-3H,1H3,(H,9,10,11). The number of aromatic amines is 1. The van der Waals surface area contributed by atoms with Crippen molar-refractivity contribution in [3.8, 4) is 0 Å². The second-order valence-electron chi connectivity index (χ2n) is 2.39. The van der Waals surface area contributed by atoms with Crippen LogP contribution in [0.2, 0.25) is 0 Å². The normalized spacial score (nSPS) is 10.7. The molecule has 0 spiro atoms. The van der Waals surface area contributed by atoms with Crippen molar-refractivity contribution in [2.75, 3.05) is 0 Å². The number of aryl methyl sites for hydroxylation is 1. The van der Waals surface area contributed by atoms with Crippen LogP contribution in [0.1, 0.15) is 5.56 Å². The van der Waals surface area contributed by atoms with Crippen LogP contribution in [0.25, 0.3) is 11.0 Å². The van der Waals surface area contributed by atoms with E-state index in [1.54, 1.807) is 0 Å². The van der Waals surface area contributed by atoms with Gasteiger partial charge >= 0.3 is 0 Å². The van der Waals surface area contributed by atoms with Gasteiger partial charge in [-0.1, -0.05) is 6.07 Å². The minimum atomic E-state index is 0.931. The fourth-order valence-electron chi connectivity index (χ4n) is 0.981. The highest BCUT2D eigenvalue weighted by Crippen LogP contribution is 2.19. The molecule has 0 saturated heterocycles. The Morgan fingerprint density at radius 2 is 2.18 bits per heavy atom. The molecular weight excluding hydrogens is 253 g/mol. The van der Waals surface area contributed by atoms with Gasteiger partial charge in [0.1, 0.15) is 11.0 Å². The predicted molar refractivity (Wildman–Crippen MR) is 51.3 cm³/mol. The van der Waals surface area contributed by atoms with E-state index in [-0.39, 0.29) is 0 Å². The van der Waals surface area contributed by atoms with E-state index in [1.807, 2.05) is 12.1 Å². The monoisotopic (exact) mass is 259 g/mol. The molecule has 0 aliphatic carbocycles. The van der Waals surface area contributed by atoms with Crippen LogP contribution >= 0.6 is 22.6 Å². The zero-order valence-corrected chi connectivity index (χ0v) is 8.08. The molecule has 1 aromatic carbocycles. The summed E-state index contributed by atoms with van der Waals surface area (Å²) in [5.74, 6) is 0. The Bertz CT molecular complexity index is 393. The van der Waals surface area contributed by atoms with Crippen molar-refractivity contribution in [1.82, 2.24) is 15.4 Å². The largest absolute Gasteiger partial charge is 0.197 e. The highest BCUT2D eigenvalue weighted by molar-refractivity contribution is 14.1. The summed E-state index contributed by atoms with van der Waals surface area (Å²) in [4.78, 5) is 0. The fraction of sp³-hybridized carbons (Fsp3) is 0.143. The zero-order chi connectivity index (χ0) is 7.84. The van der Waals surface area contributed by atoms with Crippen molar-refractivity contribution in [2.24, 2.45) is 0 Å². The number of rotatable bonds is 0. The summed E-state index contributed by atoms with van der Waals surface area (Å²) in [6, 6.07) is 4.02. The first-order chi connectivity index (χ1) is 5.29. The average Bonchev–Trinajstić information content (AvgIpc) is 2.45. The maximum absolute atomic E-state index is 4.04. The van der Waals surface area contributed by atoms with Gasteiger partial charge < -0.3 is 0 Å². The lowest BCUT2D eigenvalue weighted by Crippen LogP contribution is -1.81. The van der Waals surface area contributed by atoms with Crippen molar-refractivity contribution in [3.05, 3.63) is 21.3 Å². The Hall–Kier alpha value is -0.650. The van der Waals surface area contributed by atoms with Gasteiger partial charge in [-0.15, -0.1) is 0 Å². The molecule has 11 heavy (non-hydrogen) atoms. The number of fused-ring (bicyclic) bond motifs is 1. The molecule has 0 bridgehead atoms. The molecule has 0 radical (unpaired) electrons. The summed E-state index contributed by atoms with van der Waals surface area (Å²) in [5.41, 5.74) is 3.14. The van der Waals surface area contributed by atoms with Crippen molar-refractivity contribution in [1.29, 1.82) is 0 Å². The van der Waals surface area contributed by atoms with Gasteiger partial charge in [0.05, 0.1) is 0 Å². The van der Waals surface area contributed by atoms with Crippen LogP contribution in [-0.4, -0.2) is 15.4 Å². The van der Waals surface area contributed by atoms with Crippen LogP contribution < -0.4 is 0 Å². The molecule has 1 aromatic heterocycles. The third-order valence-corrected chi connectivity index (χ3v) is 2.98. The van der Waals surface area contributed by atoms with E-state index < -0.39 is 0 Å². The van der Waals surface area contributed by atoms with Crippen LogP contribution in [0.4, 0.5) is 0 Å². The molecule has 0 aliphatic rings. The average molecular weight is 259 g/mol. The predicted octanol–water partition coefficient (Wildman–Crippen LogP) is 1.87. The van der Waals surface area contributed by atoms with E-state index in [4.69, 9.17) is 0 Å². The Balaban J connectivity index is 2.93. The van der Waals surface area contributed by atoms with Gasteiger partial charge in [0.15, 0.2) is 0 Å². The molecule has 0 aliphatic heterocycles. The van der Waals surface area contributed by atoms with Crippen molar-refractivity contribution in [2.45, 2.75) is 6.92 Å². The lowest BCUT2D eigenvalue weighted by atomic mass is 10.2. The summed E-state index contributed by atoms with van der Waals surface area (Å²) in [5, 5.41) is 10.6. The molecule has 0 fully saturated rings. The van der Waals surface area contributed by atoms with Crippen LogP contribution in [0.15, 0.2) is 12.1 Å². The third-order valence-electron chi connectivity index (χ3n) is 1.62. The SMILES string of the molecule is Cc1ccc2n[nH]nc2c1I. The third kappa shape index (κ3) is 1.01. The highest BCUT2D eigenvalue weighted by atomic mass is 127. The molecule has 2 aromatic rings. The first-order valence-corrected chi connectivity index (χ1v) is 4.32. The van der Waals surface area contributed by atoms with Crippen molar-refractivity contribution >= 4 is 33.6 Å². The molecule has 56 valence electrons. The van der Waals surface area contributed by atoms with Crippen LogP contribution in [0, 0.1) is 10.5 Å². The fourth-order valence-corrected chi connectivity index (χ4v) is 1.56. The molecular formula is C7H6IN3. The van der Waals surface area contributed by atoms with E-state index in [2.05, 4.69) is 44.9 Å². The van der Waals surface area contributed by atoms with Gasteiger partial charge in [0.25, 0.3) is 0 Å². The minimum absolute atomic E-state index is 0.931. The summed E-state index contributed by atoms with van der Waals surface area (Å²) >= 11 is 2.28. The van der Waals surface area contributed by atoms with Crippen molar-refractivity contribution < 1.29 is 0 Å². The molecule has 4 heteroatoms. The summed E-state index contributed by atoms with van der Waals surface area (Å²) in [6.45, 7) is 2.07. The topological polar surface area (TPSA) is 41.6 Å². The Morgan fingerprint density at radius 1 is 1.36 bits per heavy atom. The van der Waals surface area contributed by atoms with E-state index in [9.17, 15) is 0 Å². The van der Waals surface area contributed by atoms with Crippen LogP contribution in [-0.2, 0) is 0 Å². The number of nitrogens with one attached hydrogen (secondary N) is 1. The smallest absolute Gasteiger partial charge is 0.126 e. The van der Waals surface area contributed by atoms with E-state index in [1.165, 1.54) is 9.13 Å². The molecule has 2 rings (SSSR count). The second kappa shape index (κ2) is 2.44. The number of H-pyrrole nitrogens is 1. The highest BCUT2D eigenvalue weighted by Gasteiger charge is 2.03. The number of hydrogen-bond donors (Lipinski definition) is 1. The Labute approximate surface area is 77.3 Å². The van der Waals surface area contributed by atoms with Gasteiger partial charge in [-0.25, -0.2) is 0 Å². The maximum Gasteiger partial charge on any atom is 0.126 e. The quantitative estimate of drug-likeness (QED) is 0.734. The summed E-state index contributed by atoms with van der Waals surface area (Å²) in [7, 11) is 0. The first kappa shape index (κ1) is 7.02. The zero-order valence-electron chi connectivity index (χ0n) is 5.93. The van der Waals surface area contributed by atoms with Gasteiger partial charge in [-0.2, -0.15) is 15.4 Å². The maximum atomic E-state index is 4.04. The molecule has 0 unspecified atom stereocenters. The Kier molecular flexibility index (Phi) is 1.56. The summed E-state index contributed by atoms with van der Waals surface area (Å²) < 4.78 is 1.17. The number of aromatic nitrogens is 3. The van der Waals surface area contributed by atoms with Gasteiger partial charge in [0, 0.05) is 3.57 Å². The number of halogens is 1. The first-order valence-electron chi connectivity index (χ1n) is 3.24. The molecule has 0 saturated carbocycles. The molecule has 3 nitrogen and oxygen atoms in total. The molecule has 0 atom stereocenters. The Morgan fingerprint density at radius 3 is 3.00 bits per heavy atom. The van der Waals surface area contributed by atoms with Crippen LogP contribution in [0.5, 0.6) is 0 Å². The molecule has 1 heterocycles. The van der Waals surface area contributed by atoms with Gasteiger partial charge in [-0.3, -0.25) is 0 Å². The summed E-state index contributed by atoms with van der Waals surface area (Å²) in [6.07, 6.45) is 0. The lowest BCUT2D eigenvalue weighted by Gasteiger charge is -1.94. The molecule has 1 N–H and O–H groups in total. The van der Waals surface area contributed by atoms with Crippen molar-refractivity contribution in [3.63, 3.8) is 0 Å². The van der Waals surface area contributed by atoms with Gasteiger partial charge in [0.2, 0.25) is 0 Å². The van der Waals surface area contributed by atoms with E-state index in [0.29, 0.717) is 0 Å². The van der Waals surface area contributed by atoms with Gasteiger partial charge in [-0.05, 0) is 41.1 Å².